The van der Waals surface area contributed by atoms with E-state index >= 15 is 0 Å². The van der Waals surface area contributed by atoms with Crippen LogP contribution in [-0.4, -0.2) is 45.3 Å². The largest absolute Gasteiger partial charge is 0.480 e. The number of likely N-dealkylation sites (tertiary alicyclic amines) is 1. The summed E-state index contributed by atoms with van der Waals surface area (Å²) in [5, 5.41) is 9.33. The number of carbonyl (C=O) groups is 3. The molecule has 1 saturated heterocycles. The van der Waals surface area contributed by atoms with Gasteiger partial charge in [0.15, 0.2) is 5.12 Å². The minimum absolute atomic E-state index is 0.0302. The average molecular weight is 287 g/mol. The minimum atomic E-state index is -0.942. The quantitative estimate of drug-likeness (QED) is 0.803. The first-order chi connectivity index (χ1) is 8.86. The highest BCUT2D eigenvalue weighted by atomic mass is 32.2. The third-order valence-electron chi connectivity index (χ3n) is 3.53. The number of amides is 1. The van der Waals surface area contributed by atoms with Gasteiger partial charge in [-0.05, 0) is 11.8 Å². The Labute approximate surface area is 117 Å². The zero-order chi connectivity index (χ0) is 14.6. The van der Waals surface area contributed by atoms with Gasteiger partial charge in [-0.15, -0.1) is 0 Å². The Hall–Kier alpha value is -1.04. The van der Waals surface area contributed by atoms with Gasteiger partial charge < -0.3 is 10.0 Å². The molecule has 0 aromatic heterocycles. The first-order valence-corrected chi connectivity index (χ1v) is 7.51. The fourth-order valence-corrected chi connectivity index (χ4v) is 3.03. The highest BCUT2D eigenvalue weighted by Crippen LogP contribution is 2.27. The van der Waals surface area contributed by atoms with E-state index in [2.05, 4.69) is 0 Å². The summed E-state index contributed by atoms with van der Waals surface area (Å²) in [6.45, 7) is 5.72. The maximum atomic E-state index is 12.0. The second-order valence-corrected chi connectivity index (χ2v) is 6.28. The van der Waals surface area contributed by atoms with E-state index in [9.17, 15) is 19.5 Å². The maximum absolute atomic E-state index is 12.0. The highest BCUT2D eigenvalue weighted by Gasteiger charge is 2.39. The number of hydrogen-bond acceptors (Lipinski definition) is 4. The number of carbonyl (C=O) groups excluding carboxylic acids is 2. The van der Waals surface area contributed by atoms with Crippen molar-refractivity contribution < 1.29 is 19.5 Å². The van der Waals surface area contributed by atoms with Crippen molar-refractivity contribution in [3.8, 4) is 0 Å². The Morgan fingerprint density at radius 1 is 1.53 bits per heavy atom. The smallest absolute Gasteiger partial charge is 0.326 e. The standard InChI is InChI=1S/C13H21NO4S/c1-4-8(2)12(13(17)18)14-6-10(5-11(14)16)7-19-9(3)15/h8,10,12H,4-7H2,1-3H3,(H,17,18)/t8-,10?,12+/m0/s1. The number of rotatable bonds is 6. The molecule has 5 nitrogen and oxygen atoms in total. The van der Waals surface area contributed by atoms with Gasteiger partial charge in [0.05, 0.1) is 0 Å². The van der Waals surface area contributed by atoms with Crippen molar-refractivity contribution >= 4 is 28.8 Å². The zero-order valence-electron chi connectivity index (χ0n) is 11.6. The maximum Gasteiger partial charge on any atom is 0.326 e. The molecule has 0 aliphatic carbocycles. The summed E-state index contributed by atoms with van der Waals surface area (Å²) >= 11 is 1.20. The molecule has 1 unspecified atom stereocenters. The molecule has 0 aromatic rings. The van der Waals surface area contributed by atoms with Crippen molar-refractivity contribution in [2.24, 2.45) is 11.8 Å². The van der Waals surface area contributed by atoms with Crippen molar-refractivity contribution in [3.05, 3.63) is 0 Å². The molecule has 0 spiro atoms. The fraction of sp³-hybridized carbons (Fsp3) is 0.769. The SMILES string of the molecule is CC[C@H](C)[C@H](C(=O)O)N1CC(CSC(C)=O)CC1=O. The highest BCUT2D eigenvalue weighted by molar-refractivity contribution is 8.13. The fourth-order valence-electron chi connectivity index (χ4n) is 2.33. The molecule has 1 amide bonds. The van der Waals surface area contributed by atoms with E-state index in [0.717, 1.165) is 0 Å². The van der Waals surface area contributed by atoms with Crippen LogP contribution in [0, 0.1) is 11.8 Å². The van der Waals surface area contributed by atoms with Crippen LogP contribution < -0.4 is 0 Å². The summed E-state index contributed by atoms with van der Waals surface area (Å²) in [7, 11) is 0. The number of hydrogen-bond donors (Lipinski definition) is 1. The summed E-state index contributed by atoms with van der Waals surface area (Å²) in [4.78, 5) is 35.7. The molecular weight excluding hydrogens is 266 g/mol. The average Bonchev–Trinajstić information content (AvgIpc) is 2.68. The van der Waals surface area contributed by atoms with Crippen LogP contribution in [-0.2, 0) is 14.4 Å². The van der Waals surface area contributed by atoms with E-state index < -0.39 is 12.0 Å². The monoisotopic (exact) mass is 287 g/mol. The van der Waals surface area contributed by atoms with Gasteiger partial charge in [-0.3, -0.25) is 9.59 Å². The third-order valence-corrected chi connectivity index (χ3v) is 4.58. The predicted octanol–water partition coefficient (Wildman–Crippen LogP) is 1.61. The van der Waals surface area contributed by atoms with Crippen molar-refractivity contribution in [1.29, 1.82) is 0 Å². The van der Waals surface area contributed by atoms with Crippen molar-refractivity contribution in [3.63, 3.8) is 0 Å². The zero-order valence-corrected chi connectivity index (χ0v) is 12.4. The van der Waals surface area contributed by atoms with Gasteiger partial charge in [-0.25, -0.2) is 4.79 Å². The molecule has 0 radical (unpaired) electrons. The summed E-state index contributed by atoms with van der Waals surface area (Å²) < 4.78 is 0. The molecular formula is C13H21NO4S. The summed E-state index contributed by atoms with van der Waals surface area (Å²) in [5.41, 5.74) is 0. The van der Waals surface area contributed by atoms with Crippen molar-refractivity contribution in [1.82, 2.24) is 4.90 Å². The minimum Gasteiger partial charge on any atom is -0.480 e. The molecule has 1 rings (SSSR count). The van der Waals surface area contributed by atoms with E-state index in [4.69, 9.17) is 0 Å². The van der Waals surface area contributed by atoms with E-state index in [0.29, 0.717) is 25.1 Å². The van der Waals surface area contributed by atoms with Gasteiger partial charge in [0, 0.05) is 25.6 Å². The van der Waals surface area contributed by atoms with Crippen molar-refractivity contribution in [2.45, 2.75) is 39.7 Å². The lowest BCUT2D eigenvalue weighted by atomic mass is 9.98. The number of aliphatic carboxylic acids is 1. The van der Waals surface area contributed by atoms with Crippen LogP contribution in [0.5, 0.6) is 0 Å². The van der Waals surface area contributed by atoms with Crippen LogP contribution in [0.3, 0.4) is 0 Å². The van der Waals surface area contributed by atoms with E-state index in [1.54, 1.807) is 0 Å². The van der Waals surface area contributed by atoms with Crippen LogP contribution in [0.25, 0.3) is 0 Å². The lowest BCUT2D eigenvalue weighted by Crippen LogP contribution is -2.46. The molecule has 3 atom stereocenters. The normalized spacial score (nSPS) is 22.4. The molecule has 0 aromatic carbocycles. The predicted molar refractivity (Wildman–Crippen MR) is 73.8 cm³/mol. The second-order valence-electron chi connectivity index (χ2n) is 5.09. The summed E-state index contributed by atoms with van der Waals surface area (Å²) in [6, 6.07) is -0.746. The Morgan fingerprint density at radius 3 is 2.63 bits per heavy atom. The van der Waals surface area contributed by atoms with Gasteiger partial charge in [-0.1, -0.05) is 32.0 Å². The van der Waals surface area contributed by atoms with Gasteiger partial charge in [0.2, 0.25) is 5.91 Å². The molecule has 1 aliphatic rings. The van der Waals surface area contributed by atoms with Gasteiger partial charge in [0.25, 0.3) is 0 Å². The summed E-state index contributed by atoms with van der Waals surface area (Å²) in [6.07, 6.45) is 1.06. The third kappa shape index (κ3) is 4.23. The number of carboxylic acids is 1. The first-order valence-electron chi connectivity index (χ1n) is 6.52. The number of carboxylic acid groups (broad SMARTS) is 1. The van der Waals surface area contributed by atoms with Crippen LogP contribution in [0.1, 0.15) is 33.6 Å². The first kappa shape index (κ1) is 16.0. The van der Waals surface area contributed by atoms with Crippen molar-refractivity contribution in [2.75, 3.05) is 12.3 Å². The van der Waals surface area contributed by atoms with Crippen LogP contribution >= 0.6 is 11.8 Å². The lowest BCUT2D eigenvalue weighted by molar-refractivity contribution is -0.150. The molecule has 108 valence electrons. The van der Waals surface area contributed by atoms with Crippen LogP contribution in [0.4, 0.5) is 0 Å². The molecule has 0 saturated carbocycles. The topological polar surface area (TPSA) is 74.7 Å². The molecule has 6 heteroatoms. The molecule has 1 fully saturated rings. The second kappa shape index (κ2) is 6.93. The van der Waals surface area contributed by atoms with E-state index in [1.165, 1.54) is 23.6 Å². The Kier molecular flexibility index (Phi) is 5.85. The molecule has 0 bridgehead atoms. The Morgan fingerprint density at radius 2 is 2.16 bits per heavy atom. The number of nitrogens with zero attached hydrogens (tertiary/aromatic N) is 1. The van der Waals surface area contributed by atoms with Crippen LogP contribution in [0.2, 0.25) is 0 Å². The van der Waals surface area contributed by atoms with Gasteiger partial charge >= 0.3 is 5.97 Å². The Bertz CT molecular complexity index is 372. The van der Waals surface area contributed by atoms with E-state index in [-0.39, 0.29) is 22.9 Å². The van der Waals surface area contributed by atoms with E-state index in [1.807, 2.05) is 13.8 Å². The molecule has 1 aliphatic heterocycles. The molecule has 1 heterocycles. The lowest BCUT2D eigenvalue weighted by Gasteiger charge is -2.29. The molecule has 19 heavy (non-hydrogen) atoms. The van der Waals surface area contributed by atoms with Crippen LogP contribution in [0.15, 0.2) is 0 Å². The molecule has 1 N–H and O–H groups in total. The summed E-state index contributed by atoms with van der Waals surface area (Å²) in [5.74, 6) is -0.456. The van der Waals surface area contributed by atoms with Gasteiger partial charge in [0.1, 0.15) is 6.04 Å². The number of thioether (sulfide) groups is 1. The van der Waals surface area contributed by atoms with Gasteiger partial charge in [-0.2, -0.15) is 0 Å². The Balaban J connectivity index is 2.69.